The fourth-order valence-electron chi connectivity index (χ4n) is 1.90. The average Bonchev–Trinajstić information content (AvgIpc) is 2.43. The Morgan fingerprint density at radius 3 is 2.44 bits per heavy atom. The summed E-state index contributed by atoms with van der Waals surface area (Å²) in [7, 11) is -1.14. The van der Waals surface area contributed by atoms with Crippen molar-refractivity contribution in [3.8, 4) is 0 Å². The molecule has 1 fully saturated rings. The molecule has 0 aromatic rings. The number of hydrogen-bond acceptors (Lipinski definition) is 5. The second-order valence-corrected chi connectivity index (χ2v) is 6.19. The maximum Gasteiger partial charge on any atom is 0.216 e. The van der Waals surface area contributed by atoms with E-state index >= 15 is 0 Å². The first-order chi connectivity index (χ1) is 7.47. The monoisotopic (exact) mass is 243 g/mol. The summed E-state index contributed by atoms with van der Waals surface area (Å²) in [5.74, 6) is 0. The minimum absolute atomic E-state index is 0.301. The van der Waals surface area contributed by atoms with Crippen molar-refractivity contribution in [2.75, 3.05) is 39.8 Å². The predicted octanol–water partition coefficient (Wildman–Crippen LogP) is -0.0780. The zero-order chi connectivity index (χ0) is 11.8. The van der Waals surface area contributed by atoms with Gasteiger partial charge in [-0.3, -0.25) is 4.90 Å². The second kappa shape index (κ2) is 4.27. The van der Waals surface area contributed by atoms with Gasteiger partial charge in [0.15, 0.2) is 5.04 Å². The van der Waals surface area contributed by atoms with Gasteiger partial charge in [0.05, 0.1) is 17.6 Å². The van der Waals surface area contributed by atoms with Crippen molar-refractivity contribution in [1.82, 2.24) is 9.80 Å². The van der Waals surface area contributed by atoms with Gasteiger partial charge in [0.25, 0.3) is 0 Å². The lowest BCUT2D eigenvalue weighted by Gasteiger charge is -2.31. The molecule has 0 aromatic heterocycles. The van der Waals surface area contributed by atoms with Crippen LogP contribution in [0.3, 0.4) is 0 Å². The van der Waals surface area contributed by atoms with Gasteiger partial charge < -0.3 is 4.90 Å². The normalized spacial score (nSPS) is 26.6. The summed E-state index contributed by atoms with van der Waals surface area (Å²) in [4.78, 5) is 8.47. The van der Waals surface area contributed by atoms with E-state index in [2.05, 4.69) is 21.8 Å². The van der Waals surface area contributed by atoms with Crippen LogP contribution in [0.5, 0.6) is 0 Å². The maximum atomic E-state index is 11.7. The summed E-state index contributed by atoms with van der Waals surface area (Å²) in [6.45, 7) is 5.95. The van der Waals surface area contributed by atoms with Crippen molar-refractivity contribution in [3.63, 3.8) is 0 Å². The van der Waals surface area contributed by atoms with Crippen LogP contribution in [-0.2, 0) is 9.84 Å². The highest BCUT2D eigenvalue weighted by atomic mass is 32.2. The van der Waals surface area contributed by atoms with Gasteiger partial charge in [-0.2, -0.15) is 0 Å². The van der Waals surface area contributed by atoms with Crippen LogP contribution in [-0.4, -0.2) is 63.0 Å². The minimum atomic E-state index is -3.22. The van der Waals surface area contributed by atoms with Crippen LogP contribution in [0.15, 0.2) is 16.1 Å². The lowest BCUT2D eigenvalue weighted by Crippen LogP contribution is -2.46. The molecule has 2 aliphatic heterocycles. The number of rotatable bonds is 2. The molecule has 0 N–H and O–H groups in total. The van der Waals surface area contributed by atoms with E-state index < -0.39 is 9.84 Å². The van der Waals surface area contributed by atoms with Crippen molar-refractivity contribution in [3.05, 3.63) is 11.1 Å². The molecule has 0 spiro atoms. The number of likely N-dealkylation sites (N-methyl/N-ethyl adjacent to an activating group) is 1. The Balaban J connectivity index is 1.99. The third-order valence-corrected chi connectivity index (χ3v) is 4.44. The van der Waals surface area contributed by atoms with Crippen molar-refractivity contribution in [2.24, 2.45) is 4.99 Å². The van der Waals surface area contributed by atoms with Crippen LogP contribution in [0.4, 0.5) is 0 Å². The molecule has 16 heavy (non-hydrogen) atoms. The second-order valence-electron chi connectivity index (χ2n) is 4.39. The first-order valence-corrected chi connectivity index (χ1v) is 6.94. The number of allylic oxidation sites excluding steroid dienone is 1. The molecule has 0 bridgehead atoms. The Bertz CT molecular complexity index is 431. The summed E-state index contributed by atoms with van der Waals surface area (Å²) in [5, 5.41) is 1.55. The topological polar surface area (TPSA) is 53.0 Å². The maximum absolute atomic E-state index is 11.7. The molecule has 0 amide bonds. The molecule has 0 aromatic carbocycles. The number of sulfone groups is 1. The van der Waals surface area contributed by atoms with Crippen LogP contribution in [0.1, 0.15) is 6.92 Å². The van der Waals surface area contributed by atoms with Gasteiger partial charge >= 0.3 is 0 Å². The summed E-state index contributed by atoms with van der Waals surface area (Å²) >= 11 is 0. The number of aliphatic imine (C=N–C) groups is 1. The molecular formula is C10H17N3O2S. The molecule has 0 saturated carbocycles. The summed E-state index contributed by atoms with van der Waals surface area (Å²) in [6, 6.07) is 0. The summed E-state index contributed by atoms with van der Waals surface area (Å²) in [6.07, 6.45) is 0. The largest absolute Gasteiger partial charge is 0.304 e. The fraction of sp³-hybridized carbons (Fsp3) is 0.700. The Labute approximate surface area is 96.4 Å². The Morgan fingerprint density at radius 2 is 1.94 bits per heavy atom. The lowest BCUT2D eigenvalue weighted by atomic mass is 10.3. The van der Waals surface area contributed by atoms with Crippen LogP contribution >= 0.6 is 0 Å². The molecule has 0 unspecified atom stereocenters. The Morgan fingerprint density at radius 1 is 1.31 bits per heavy atom. The average molecular weight is 243 g/mol. The van der Waals surface area contributed by atoms with E-state index in [1.165, 1.54) is 5.41 Å². The van der Waals surface area contributed by atoms with Gasteiger partial charge in [0.2, 0.25) is 9.84 Å². The third-order valence-electron chi connectivity index (χ3n) is 2.91. The zero-order valence-corrected chi connectivity index (χ0v) is 10.5. The van der Waals surface area contributed by atoms with E-state index in [-0.39, 0.29) is 0 Å². The van der Waals surface area contributed by atoms with Crippen molar-refractivity contribution >= 4 is 14.9 Å². The predicted molar refractivity (Wildman–Crippen MR) is 64.0 cm³/mol. The zero-order valence-electron chi connectivity index (χ0n) is 9.68. The van der Waals surface area contributed by atoms with Crippen molar-refractivity contribution in [2.45, 2.75) is 6.92 Å². The molecular weight excluding hydrogens is 226 g/mol. The third kappa shape index (κ3) is 2.50. The van der Waals surface area contributed by atoms with E-state index in [0.717, 1.165) is 26.2 Å². The van der Waals surface area contributed by atoms with Gasteiger partial charge in [-0.1, -0.05) is 0 Å². The highest BCUT2D eigenvalue weighted by Gasteiger charge is 2.26. The molecule has 2 rings (SSSR count). The van der Waals surface area contributed by atoms with E-state index in [9.17, 15) is 8.42 Å². The molecule has 0 aliphatic carbocycles. The SMILES string of the molecule is CC1=CS(=O)(=O)C(CN2CCN(C)CC2)=N1. The Hall–Kier alpha value is -0.720. The van der Waals surface area contributed by atoms with Crippen LogP contribution in [0.2, 0.25) is 0 Å². The first kappa shape index (κ1) is 11.8. The highest BCUT2D eigenvalue weighted by Crippen LogP contribution is 2.15. The standard InChI is InChI=1S/C10H17N3O2S/c1-9-8-16(14,15)10(11-9)7-13-5-3-12(2)4-6-13/h8H,3-7H2,1-2H3. The van der Waals surface area contributed by atoms with E-state index in [1.807, 2.05) is 0 Å². The van der Waals surface area contributed by atoms with Crippen LogP contribution < -0.4 is 0 Å². The van der Waals surface area contributed by atoms with Crippen molar-refractivity contribution in [1.29, 1.82) is 0 Å². The number of hydrogen-bond donors (Lipinski definition) is 0. The van der Waals surface area contributed by atoms with Crippen LogP contribution in [0, 0.1) is 0 Å². The smallest absolute Gasteiger partial charge is 0.216 e. The number of nitrogens with zero attached hydrogens (tertiary/aromatic N) is 3. The molecule has 2 heterocycles. The molecule has 90 valence electrons. The molecule has 2 aliphatic rings. The molecule has 0 atom stereocenters. The molecule has 1 saturated heterocycles. The van der Waals surface area contributed by atoms with Gasteiger partial charge in [-0.05, 0) is 14.0 Å². The highest BCUT2D eigenvalue weighted by molar-refractivity contribution is 8.09. The van der Waals surface area contributed by atoms with E-state index in [4.69, 9.17) is 0 Å². The van der Waals surface area contributed by atoms with E-state index in [0.29, 0.717) is 17.3 Å². The fourth-order valence-corrected chi connectivity index (χ4v) is 3.17. The Kier molecular flexibility index (Phi) is 3.14. The van der Waals surface area contributed by atoms with Gasteiger partial charge in [-0.25, -0.2) is 13.4 Å². The lowest BCUT2D eigenvalue weighted by molar-refractivity contribution is 0.171. The summed E-state index contributed by atoms with van der Waals surface area (Å²) < 4.78 is 23.3. The van der Waals surface area contributed by atoms with Gasteiger partial charge in [0.1, 0.15) is 0 Å². The number of piperazine rings is 1. The minimum Gasteiger partial charge on any atom is -0.304 e. The van der Waals surface area contributed by atoms with Crippen molar-refractivity contribution < 1.29 is 8.42 Å². The van der Waals surface area contributed by atoms with Crippen LogP contribution in [0.25, 0.3) is 0 Å². The molecule has 6 heteroatoms. The van der Waals surface area contributed by atoms with Gasteiger partial charge in [-0.15, -0.1) is 0 Å². The summed E-state index contributed by atoms with van der Waals surface area (Å²) in [5.41, 5.74) is 0.587. The quantitative estimate of drug-likeness (QED) is 0.681. The van der Waals surface area contributed by atoms with Gasteiger partial charge in [0, 0.05) is 26.2 Å². The first-order valence-electron chi connectivity index (χ1n) is 5.39. The molecule has 5 nitrogen and oxygen atoms in total. The molecule has 0 radical (unpaired) electrons. The van der Waals surface area contributed by atoms with E-state index in [1.54, 1.807) is 6.92 Å².